The number of benzene rings is 1. The summed E-state index contributed by atoms with van der Waals surface area (Å²) in [6.45, 7) is 1.63. The highest BCUT2D eigenvalue weighted by Gasteiger charge is 2.21. The molecule has 0 saturated heterocycles. The molecule has 1 atom stereocenters. The summed E-state index contributed by atoms with van der Waals surface area (Å²) in [5, 5.41) is 6.25. The Balaban J connectivity index is 2.25. The minimum atomic E-state index is -3.80. The number of nitrogens with one attached hydrogen (secondary N) is 2. The Labute approximate surface area is 121 Å². The summed E-state index contributed by atoms with van der Waals surface area (Å²) in [4.78, 5) is 15.3. The van der Waals surface area contributed by atoms with Crippen LogP contribution >= 0.6 is 0 Å². The molecular weight excluding hydrogens is 296 g/mol. The quantitative estimate of drug-likeness (QED) is 0.783. The van der Waals surface area contributed by atoms with Crippen LogP contribution in [0.15, 0.2) is 35.5 Å². The summed E-state index contributed by atoms with van der Waals surface area (Å²) < 4.78 is 31.6. The minimum absolute atomic E-state index is 0.0308. The number of nitrogens with zero attached hydrogens (tertiary/aromatic N) is 2. The molecule has 1 unspecified atom stereocenters. The first-order chi connectivity index (χ1) is 9.94. The van der Waals surface area contributed by atoms with Crippen LogP contribution in [-0.4, -0.2) is 36.7 Å². The molecule has 8 nitrogen and oxygen atoms in total. The maximum absolute atomic E-state index is 12.3. The summed E-state index contributed by atoms with van der Waals surface area (Å²) in [6.07, 6.45) is 1.29. The van der Waals surface area contributed by atoms with Gasteiger partial charge in [-0.1, -0.05) is 6.07 Å². The van der Waals surface area contributed by atoms with Crippen LogP contribution in [0.5, 0.6) is 0 Å². The molecule has 21 heavy (non-hydrogen) atoms. The van der Waals surface area contributed by atoms with Gasteiger partial charge < -0.3 is 4.74 Å². The van der Waals surface area contributed by atoms with Crippen molar-refractivity contribution in [2.75, 3.05) is 7.11 Å². The second-order valence-corrected chi connectivity index (χ2v) is 5.95. The Morgan fingerprint density at radius 2 is 2.19 bits per heavy atom. The third-order valence-corrected chi connectivity index (χ3v) is 4.28. The van der Waals surface area contributed by atoms with Crippen LogP contribution in [0.4, 0.5) is 0 Å². The predicted octanol–water partition coefficient (Wildman–Crippen LogP) is 0.631. The molecule has 0 aliphatic rings. The molecule has 9 heteroatoms. The van der Waals surface area contributed by atoms with Crippen LogP contribution in [0.1, 0.15) is 29.1 Å². The summed E-state index contributed by atoms with van der Waals surface area (Å²) >= 11 is 0. The fraction of sp³-hybridized carbons (Fsp3) is 0.250. The molecule has 1 heterocycles. The van der Waals surface area contributed by atoms with Crippen LogP contribution in [0, 0.1) is 0 Å². The minimum Gasteiger partial charge on any atom is -0.465 e. The molecule has 112 valence electrons. The van der Waals surface area contributed by atoms with E-state index in [-0.39, 0.29) is 10.5 Å². The Hall–Kier alpha value is -2.26. The molecule has 0 spiro atoms. The maximum atomic E-state index is 12.3. The Morgan fingerprint density at radius 1 is 1.43 bits per heavy atom. The van der Waals surface area contributed by atoms with E-state index in [9.17, 15) is 13.2 Å². The van der Waals surface area contributed by atoms with Gasteiger partial charge in [-0.2, -0.15) is 5.10 Å². The number of H-pyrrole nitrogens is 1. The van der Waals surface area contributed by atoms with Crippen molar-refractivity contribution in [3.05, 3.63) is 42.0 Å². The number of carbonyl (C=O) groups excluding carboxylic acids is 1. The van der Waals surface area contributed by atoms with Gasteiger partial charge in [0.25, 0.3) is 0 Å². The lowest BCUT2D eigenvalue weighted by Gasteiger charge is -2.12. The molecule has 0 aliphatic carbocycles. The number of sulfonamides is 1. The van der Waals surface area contributed by atoms with E-state index in [4.69, 9.17) is 0 Å². The lowest BCUT2D eigenvalue weighted by Crippen LogP contribution is -2.27. The maximum Gasteiger partial charge on any atom is 0.337 e. The number of ether oxygens (including phenoxy) is 1. The third kappa shape index (κ3) is 3.44. The number of methoxy groups -OCH3 is 1. The summed E-state index contributed by atoms with van der Waals surface area (Å²) in [6, 6.07) is 5.01. The molecule has 1 aromatic heterocycles. The summed E-state index contributed by atoms with van der Waals surface area (Å²) in [5.74, 6) is -0.210. The molecule has 0 aliphatic heterocycles. The van der Waals surface area contributed by atoms with Gasteiger partial charge in [-0.15, -0.1) is 0 Å². The van der Waals surface area contributed by atoms with Crippen LogP contribution in [0.3, 0.4) is 0 Å². The molecule has 0 fully saturated rings. The van der Waals surface area contributed by atoms with Crippen molar-refractivity contribution in [1.29, 1.82) is 0 Å². The zero-order valence-corrected chi connectivity index (χ0v) is 12.2. The van der Waals surface area contributed by atoms with Crippen molar-refractivity contribution in [2.24, 2.45) is 0 Å². The van der Waals surface area contributed by atoms with Crippen molar-refractivity contribution in [2.45, 2.75) is 17.9 Å². The van der Waals surface area contributed by atoms with Crippen molar-refractivity contribution < 1.29 is 17.9 Å². The number of esters is 1. The first kappa shape index (κ1) is 15.1. The largest absolute Gasteiger partial charge is 0.465 e. The van der Waals surface area contributed by atoms with E-state index in [1.807, 2.05) is 0 Å². The van der Waals surface area contributed by atoms with Gasteiger partial charge in [0, 0.05) is 0 Å². The van der Waals surface area contributed by atoms with E-state index in [1.54, 1.807) is 6.92 Å². The second-order valence-electron chi connectivity index (χ2n) is 4.23. The highest BCUT2D eigenvalue weighted by atomic mass is 32.2. The fourth-order valence-corrected chi connectivity index (χ4v) is 2.94. The number of carbonyl (C=O) groups is 1. The van der Waals surface area contributed by atoms with E-state index in [0.29, 0.717) is 5.82 Å². The van der Waals surface area contributed by atoms with Crippen molar-refractivity contribution >= 4 is 16.0 Å². The van der Waals surface area contributed by atoms with Gasteiger partial charge in [0.05, 0.1) is 23.6 Å². The highest BCUT2D eigenvalue weighted by molar-refractivity contribution is 7.89. The predicted molar refractivity (Wildman–Crippen MR) is 72.9 cm³/mol. The van der Waals surface area contributed by atoms with Gasteiger partial charge in [0.2, 0.25) is 10.0 Å². The Morgan fingerprint density at radius 3 is 2.81 bits per heavy atom. The monoisotopic (exact) mass is 310 g/mol. The van der Waals surface area contributed by atoms with Crippen LogP contribution in [0.2, 0.25) is 0 Å². The molecule has 2 rings (SSSR count). The average molecular weight is 310 g/mol. The number of aromatic nitrogens is 3. The van der Waals surface area contributed by atoms with E-state index in [1.165, 1.54) is 37.7 Å². The molecule has 0 saturated carbocycles. The third-order valence-electron chi connectivity index (χ3n) is 2.74. The van der Waals surface area contributed by atoms with E-state index in [2.05, 4.69) is 24.6 Å². The van der Waals surface area contributed by atoms with E-state index < -0.39 is 22.0 Å². The van der Waals surface area contributed by atoms with E-state index in [0.717, 1.165) is 0 Å². The SMILES string of the molecule is COC(=O)c1cccc(S(=O)(=O)NC(C)c2ncn[nH]2)c1. The summed E-state index contributed by atoms with van der Waals surface area (Å²) in [5.41, 5.74) is 0.160. The standard InChI is InChI=1S/C12H14N4O4S/c1-8(11-13-7-14-15-11)16-21(18,19)10-5-3-4-9(6-10)12(17)20-2/h3-8,16H,1-2H3,(H,13,14,15). The van der Waals surface area contributed by atoms with Gasteiger partial charge in [0.15, 0.2) is 0 Å². The highest BCUT2D eigenvalue weighted by Crippen LogP contribution is 2.15. The molecule has 1 aromatic carbocycles. The van der Waals surface area contributed by atoms with Crippen LogP contribution in [-0.2, 0) is 14.8 Å². The molecule has 0 amide bonds. The van der Waals surface area contributed by atoms with Crippen molar-refractivity contribution in [3.8, 4) is 0 Å². The lowest BCUT2D eigenvalue weighted by molar-refractivity contribution is 0.0600. The normalized spacial score (nSPS) is 12.9. The topological polar surface area (TPSA) is 114 Å². The van der Waals surface area contributed by atoms with Gasteiger partial charge in [-0.05, 0) is 25.1 Å². The number of hydrogen-bond acceptors (Lipinski definition) is 6. The molecule has 2 N–H and O–H groups in total. The Bertz CT molecular complexity index is 727. The average Bonchev–Trinajstić information content (AvgIpc) is 3.00. The molecule has 0 bridgehead atoms. The van der Waals surface area contributed by atoms with Gasteiger partial charge in [-0.25, -0.2) is 22.9 Å². The molecular formula is C12H14N4O4S. The van der Waals surface area contributed by atoms with Crippen LogP contribution in [0.25, 0.3) is 0 Å². The molecule has 0 radical (unpaired) electrons. The second kappa shape index (κ2) is 6.02. The van der Waals surface area contributed by atoms with Gasteiger partial charge in [0.1, 0.15) is 12.2 Å². The first-order valence-electron chi connectivity index (χ1n) is 6.00. The summed E-state index contributed by atoms with van der Waals surface area (Å²) in [7, 11) is -2.57. The van der Waals surface area contributed by atoms with Crippen LogP contribution < -0.4 is 4.72 Å². The fourth-order valence-electron chi connectivity index (χ4n) is 1.69. The first-order valence-corrected chi connectivity index (χ1v) is 7.48. The zero-order valence-electron chi connectivity index (χ0n) is 11.4. The van der Waals surface area contributed by atoms with Crippen molar-refractivity contribution in [3.63, 3.8) is 0 Å². The van der Waals surface area contributed by atoms with Gasteiger partial charge >= 0.3 is 5.97 Å². The molecule has 2 aromatic rings. The number of aromatic amines is 1. The Kier molecular flexibility index (Phi) is 4.34. The smallest absolute Gasteiger partial charge is 0.337 e. The van der Waals surface area contributed by atoms with E-state index >= 15 is 0 Å². The van der Waals surface area contributed by atoms with Gasteiger partial charge in [-0.3, -0.25) is 5.10 Å². The number of hydrogen-bond donors (Lipinski definition) is 2. The van der Waals surface area contributed by atoms with Crippen molar-refractivity contribution in [1.82, 2.24) is 19.9 Å². The number of rotatable bonds is 5. The lowest BCUT2D eigenvalue weighted by atomic mass is 10.2. The zero-order chi connectivity index (χ0) is 15.5.